The van der Waals surface area contributed by atoms with Gasteiger partial charge < -0.3 is 19.7 Å². The van der Waals surface area contributed by atoms with Crippen LogP contribution in [0.5, 0.6) is 11.5 Å². The Morgan fingerprint density at radius 1 is 1.32 bits per heavy atom. The van der Waals surface area contributed by atoms with Crippen molar-refractivity contribution in [1.82, 2.24) is 5.32 Å². The summed E-state index contributed by atoms with van der Waals surface area (Å²) in [6, 6.07) is 7.35. The Bertz CT molecular complexity index is 450. The summed E-state index contributed by atoms with van der Waals surface area (Å²) in [6.07, 6.45) is 2.45. The third-order valence-corrected chi connectivity index (χ3v) is 3.98. The van der Waals surface area contributed by atoms with E-state index in [1.54, 1.807) is 0 Å². The predicted molar refractivity (Wildman–Crippen MR) is 76.1 cm³/mol. The van der Waals surface area contributed by atoms with Crippen molar-refractivity contribution >= 4 is 5.69 Å². The molecular formula is C15H22N2O2. The average Bonchev–Trinajstić information content (AvgIpc) is 2.88. The van der Waals surface area contributed by atoms with E-state index in [9.17, 15) is 0 Å². The Balaban J connectivity index is 1.79. The minimum Gasteiger partial charge on any atom is -0.454 e. The fourth-order valence-electron chi connectivity index (χ4n) is 2.89. The molecule has 2 atom stereocenters. The Morgan fingerprint density at radius 2 is 2.16 bits per heavy atom. The molecule has 0 bridgehead atoms. The number of nitrogens with one attached hydrogen (secondary N) is 1. The lowest BCUT2D eigenvalue weighted by Gasteiger charge is -2.40. The van der Waals surface area contributed by atoms with E-state index in [1.165, 1.54) is 18.5 Å². The van der Waals surface area contributed by atoms with Gasteiger partial charge in [0.2, 0.25) is 6.79 Å². The highest BCUT2D eigenvalue weighted by Gasteiger charge is 2.26. The van der Waals surface area contributed by atoms with Crippen LogP contribution in [0.25, 0.3) is 0 Å². The number of anilines is 1. The Labute approximate surface area is 114 Å². The molecule has 1 N–H and O–H groups in total. The standard InChI is InChI=1S/C15H22N2O2/c1-3-4-12-9-17(11(2)8-16-12)13-5-6-14-15(7-13)19-10-18-14/h5-7,11-12,16H,3-4,8-10H2,1-2H3. The molecule has 0 aliphatic carbocycles. The molecule has 2 aliphatic heterocycles. The van der Waals surface area contributed by atoms with Crippen molar-refractivity contribution in [3.63, 3.8) is 0 Å². The van der Waals surface area contributed by atoms with Crippen LogP contribution in [-0.2, 0) is 0 Å². The highest BCUT2D eigenvalue weighted by molar-refractivity contribution is 5.58. The second-order valence-corrected chi connectivity index (χ2v) is 5.43. The smallest absolute Gasteiger partial charge is 0.231 e. The van der Waals surface area contributed by atoms with Gasteiger partial charge in [-0.05, 0) is 25.5 Å². The van der Waals surface area contributed by atoms with Crippen LogP contribution in [-0.4, -0.2) is 32.0 Å². The summed E-state index contributed by atoms with van der Waals surface area (Å²) < 4.78 is 10.8. The van der Waals surface area contributed by atoms with Crippen LogP contribution in [0, 0.1) is 0 Å². The lowest BCUT2D eigenvalue weighted by molar-refractivity contribution is 0.174. The van der Waals surface area contributed by atoms with Crippen molar-refractivity contribution < 1.29 is 9.47 Å². The Hall–Kier alpha value is -1.42. The number of hydrogen-bond donors (Lipinski definition) is 1. The van der Waals surface area contributed by atoms with Gasteiger partial charge in [0.15, 0.2) is 11.5 Å². The molecule has 2 unspecified atom stereocenters. The minimum absolute atomic E-state index is 0.342. The predicted octanol–water partition coefficient (Wildman–Crippen LogP) is 2.38. The molecule has 4 nitrogen and oxygen atoms in total. The normalized spacial score (nSPS) is 25.7. The fraction of sp³-hybridized carbons (Fsp3) is 0.600. The lowest BCUT2D eigenvalue weighted by atomic mass is 10.0. The molecule has 19 heavy (non-hydrogen) atoms. The Kier molecular flexibility index (Phi) is 3.51. The van der Waals surface area contributed by atoms with Gasteiger partial charge in [-0.15, -0.1) is 0 Å². The summed E-state index contributed by atoms with van der Waals surface area (Å²) in [5, 5.41) is 3.62. The summed E-state index contributed by atoms with van der Waals surface area (Å²) in [4.78, 5) is 2.47. The van der Waals surface area contributed by atoms with Gasteiger partial charge in [0.25, 0.3) is 0 Å². The van der Waals surface area contributed by atoms with E-state index in [1.807, 2.05) is 6.07 Å². The third-order valence-electron chi connectivity index (χ3n) is 3.98. The van der Waals surface area contributed by atoms with E-state index in [2.05, 4.69) is 36.2 Å². The SMILES string of the molecule is CCCC1CN(c2ccc3c(c2)OCO3)C(C)CN1. The highest BCUT2D eigenvalue weighted by Crippen LogP contribution is 2.36. The first kappa shape index (κ1) is 12.6. The molecular weight excluding hydrogens is 240 g/mol. The second-order valence-electron chi connectivity index (χ2n) is 5.43. The van der Waals surface area contributed by atoms with Gasteiger partial charge in [0, 0.05) is 36.9 Å². The largest absolute Gasteiger partial charge is 0.454 e. The first-order chi connectivity index (χ1) is 9.28. The number of benzene rings is 1. The first-order valence-electron chi connectivity index (χ1n) is 7.17. The lowest BCUT2D eigenvalue weighted by Crippen LogP contribution is -2.55. The van der Waals surface area contributed by atoms with Gasteiger partial charge in [0.1, 0.15) is 0 Å². The molecule has 1 aromatic carbocycles. The molecule has 0 spiro atoms. The summed E-state index contributed by atoms with van der Waals surface area (Å²) >= 11 is 0. The maximum atomic E-state index is 5.47. The first-order valence-corrected chi connectivity index (χ1v) is 7.17. The zero-order valence-electron chi connectivity index (χ0n) is 11.7. The van der Waals surface area contributed by atoms with E-state index in [4.69, 9.17) is 9.47 Å². The van der Waals surface area contributed by atoms with Gasteiger partial charge in [0.05, 0.1) is 0 Å². The molecule has 3 rings (SSSR count). The second kappa shape index (κ2) is 5.29. The number of fused-ring (bicyclic) bond motifs is 1. The van der Waals surface area contributed by atoms with Gasteiger partial charge in [-0.1, -0.05) is 13.3 Å². The summed E-state index contributed by atoms with van der Waals surface area (Å²) in [5.74, 6) is 1.73. The quantitative estimate of drug-likeness (QED) is 0.907. The van der Waals surface area contributed by atoms with E-state index in [0.717, 1.165) is 24.6 Å². The van der Waals surface area contributed by atoms with E-state index in [-0.39, 0.29) is 0 Å². The van der Waals surface area contributed by atoms with Crippen molar-refractivity contribution in [1.29, 1.82) is 0 Å². The number of hydrogen-bond acceptors (Lipinski definition) is 4. The van der Waals surface area contributed by atoms with Crippen molar-refractivity contribution in [3.05, 3.63) is 18.2 Å². The number of nitrogens with zero attached hydrogens (tertiary/aromatic N) is 1. The summed E-state index contributed by atoms with van der Waals surface area (Å²) in [5.41, 5.74) is 1.24. The third kappa shape index (κ3) is 2.50. The average molecular weight is 262 g/mol. The van der Waals surface area contributed by atoms with E-state index < -0.39 is 0 Å². The summed E-state index contributed by atoms with van der Waals surface area (Å²) in [6.45, 7) is 6.95. The molecule has 104 valence electrons. The van der Waals surface area contributed by atoms with Crippen LogP contribution >= 0.6 is 0 Å². The molecule has 0 amide bonds. The molecule has 0 aromatic heterocycles. The zero-order chi connectivity index (χ0) is 13.2. The van der Waals surface area contributed by atoms with Crippen LogP contribution in [0.4, 0.5) is 5.69 Å². The maximum Gasteiger partial charge on any atom is 0.231 e. The molecule has 1 aromatic rings. The molecule has 1 saturated heterocycles. The Morgan fingerprint density at radius 3 is 3.00 bits per heavy atom. The van der Waals surface area contributed by atoms with Crippen molar-refractivity contribution in [2.24, 2.45) is 0 Å². The van der Waals surface area contributed by atoms with Crippen LogP contribution < -0.4 is 19.7 Å². The van der Waals surface area contributed by atoms with Crippen LogP contribution in [0.15, 0.2) is 18.2 Å². The van der Waals surface area contributed by atoms with Crippen molar-refractivity contribution in [2.45, 2.75) is 38.8 Å². The van der Waals surface area contributed by atoms with Crippen LogP contribution in [0.3, 0.4) is 0 Å². The van der Waals surface area contributed by atoms with Gasteiger partial charge in [-0.25, -0.2) is 0 Å². The zero-order valence-corrected chi connectivity index (χ0v) is 11.7. The van der Waals surface area contributed by atoms with Crippen LogP contribution in [0.1, 0.15) is 26.7 Å². The van der Waals surface area contributed by atoms with Gasteiger partial charge >= 0.3 is 0 Å². The molecule has 1 fully saturated rings. The van der Waals surface area contributed by atoms with Crippen molar-refractivity contribution in [2.75, 3.05) is 24.8 Å². The monoisotopic (exact) mass is 262 g/mol. The topological polar surface area (TPSA) is 33.7 Å². The van der Waals surface area contributed by atoms with Crippen LogP contribution in [0.2, 0.25) is 0 Å². The molecule has 2 aliphatic rings. The number of rotatable bonds is 3. The van der Waals surface area contributed by atoms with E-state index in [0.29, 0.717) is 18.9 Å². The fourth-order valence-corrected chi connectivity index (χ4v) is 2.89. The molecule has 0 saturated carbocycles. The summed E-state index contributed by atoms with van der Waals surface area (Å²) in [7, 11) is 0. The molecule has 0 radical (unpaired) electrons. The number of ether oxygens (including phenoxy) is 2. The minimum atomic E-state index is 0.342. The highest BCUT2D eigenvalue weighted by atomic mass is 16.7. The van der Waals surface area contributed by atoms with Gasteiger partial charge in [-0.3, -0.25) is 0 Å². The maximum absolute atomic E-state index is 5.47. The number of piperazine rings is 1. The van der Waals surface area contributed by atoms with E-state index >= 15 is 0 Å². The van der Waals surface area contributed by atoms with Gasteiger partial charge in [-0.2, -0.15) is 0 Å². The van der Waals surface area contributed by atoms with Crippen molar-refractivity contribution in [3.8, 4) is 11.5 Å². The molecule has 4 heteroatoms. The molecule has 2 heterocycles.